The van der Waals surface area contributed by atoms with Crippen molar-refractivity contribution < 1.29 is 19.4 Å². The number of nitrogens with zero attached hydrogens (tertiary/aromatic N) is 2. The Morgan fingerprint density at radius 3 is 2.27 bits per heavy atom. The lowest BCUT2D eigenvalue weighted by atomic mass is 10.1. The normalized spacial score (nSPS) is 10.9. The van der Waals surface area contributed by atoms with Crippen LogP contribution < -0.4 is 25.5 Å². The zero-order valence-corrected chi connectivity index (χ0v) is 15.5. The van der Waals surface area contributed by atoms with E-state index >= 15 is 0 Å². The molecular weight excluding hydrogens is 360 g/mol. The second kappa shape index (κ2) is 6.75. The average Bonchev–Trinajstić information content (AvgIpc) is 3.04. The largest absolute Gasteiger partial charge is 0.496 e. The Morgan fingerprint density at radius 2 is 1.65 bits per heavy atom. The second-order valence-electron chi connectivity index (χ2n) is 5.60. The predicted molar refractivity (Wildman–Crippen MR) is 97.5 cm³/mol. The van der Waals surface area contributed by atoms with Crippen LogP contribution in [0.15, 0.2) is 27.1 Å². The molecule has 0 aliphatic heterocycles. The first-order chi connectivity index (χ1) is 12.4. The first-order valence-electron chi connectivity index (χ1n) is 7.64. The molecule has 0 spiro atoms. The number of benzene rings is 1. The van der Waals surface area contributed by atoms with Crippen molar-refractivity contribution in [3.05, 3.63) is 49.5 Å². The highest BCUT2D eigenvalue weighted by atomic mass is 32.1. The van der Waals surface area contributed by atoms with Gasteiger partial charge in [0.05, 0.1) is 33.3 Å². The van der Waals surface area contributed by atoms with Crippen LogP contribution in [0.2, 0.25) is 0 Å². The summed E-state index contributed by atoms with van der Waals surface area (Å²) in [7, 11) is 4.53. The Bertz CT molecular complexity index is 1100. The molecule has 0 unspecified atom stereocenters. The molecule has 0 bridgehead atoms. The topological polar surface area (TPSA) is 91.9 Å². The Hall–Kier alpha value is -2.94. The standard InChI is InChI=1S/C17H18N2O6S/c1-9-8-26-16-14(9)15(20)19(22)17(21)18(16)7-10-5-12(24-3)13(25-4)6-11(10)23-2/h5-6,8,22H,7H2,1-4H3. The van der Waals surface area contributed by atoms with Gasteiger partial charge >= 0.3 is 5.69 Å². The van der Waals surface area contributed by atoms with Crippen molar-refractivity contribution in [3.8, 4) is 17.2 Å². The van der Waals surface area contributed by atoms with Crippen molar-refractivity contribution in [2.75, 3.05) is 21.3 Å². The van der Waals surface area contributed by atoms with Crippen molar-refractivity contribution in [1.29, 1.82) is 0 Å². The summed E-state index contributed by atoms with van der Waals surface area (Å²) in [6.07, 6.45) is 0. The number of aromatic nitrogens is 2. The average molecular weight is 378 g/mol. The van der Waals surface area contributed by atoms with E-state index in [0.29, 0.717) is 38.6 Å². The SMILES string of the molecule is COc1cc(OC)c(OC)cc1Cn1c(=O)n(O)c(=O)c2c(C)csc21. The molecule has 3 rings (SSSR count). The number of fused-ring (bicyclic) bond motifs is 1. The van der Waals surface area contributed by atoms with Gasteiger partial charge in [-0.15, -0.1) is 11.3 Å². The number of ether oxygens (including phenoxy) is 3. The van der Waals surface area contributed by atoms with E-state index < -0.39 is 11.2 Å². The van der Waals surface area contributed by atoms with Crippen LogP contribution in [-0.2, 0) is 6.54 Å². The summed E-state index contributed by atoms with van der Waals surface area (Å²) in [5.41, 5.74) is -0.204. The minimum Gasteiger partial charge on any atom is -0.496 e. The summed E-state index contributed by atoms with van der Waals surface area (Å²) in [5, 5.41) is 12.0. The van der Waals surface area contributed by atoms with E-state index in [9.17, 15) is 14.8 Å². The van der Waals surface area contributed by atoms with E-state index in [1.807, 2.05) is 0 Å². The van der Waals surface area contributed by atoms with E-state index in [4.69, 9.17) is 14.2 Å². The van der Waals surface area contributed by atoms with Crippen LogP contribution in [0.4, 0.5) is 0 Å². The lowest BCUT2D eigenvalue weighted by Gasteiger charge is -2.15. The molecular formula is C17H18N2O6S. The molecule has 2 aromatic heterocycles. The van der Waals surface area contributed by atoms with Gasteiger partial charge in [-0.1, -0.05) is 4.73 Å². The van der Waals surface area contributed by atoms with Crippen molar-refractivity contribution in [1.82, 2.24) is 9.30 Å². The summed E-state index contributed by atoms with van der Waals surface area (Å²) >= 11 is 1.27. The Morgan fingerprint density at radius 1 is 1.04 bits per heavy atom. The van der Waals surface area contributed by atoms with Gasteiger partial charge in [-0.25, -0.2) is 4.79 Å². The quantitative estimate of drug-likeness (QED) is 0.681. The molecule has 26 heavy (non-hydrogen) atoms. The minimum atomic E-state index is -0.818. The molecule has 0 fully saturated rings. The van der Waals surface area contributed by atoms with Crippen LogP contribution in [-0.4, -0.2) is 35.8 Å². The maximum Gasteiger partial charge on any atom is 0.365 e. The van der Waals surface area contributed by atoms with E-state index in [2.05, 4.69) is 0 Å². The third-order valence-corrected chi connectivity index (χ3v) is 5.25. The summed E-state index contributed by atoms with van der Waals surface area (Å²) in [6, 6.07) is 3.36. The first kappa shape index (κ1) is 17.9. The maximum atomic E-state index is 12.5. The van der Waals surface area contributed by atoms with Crippen molar-refractivity contribution in [2.24, 2.45) is 0 Å². The fourth-order valence-electron chi connectivity index (χ4n) is 2.81. The minimum absolute atomic E-state index is 0.0830. The molecule has 0 aliphatic rings. The number of rotatable bonds is 5. The third-order valence-electron chi connectivity index (χ3n) is 4.13. The number of methoxy groups -OCH3 is 3. The van der Waals surface area contributed by atoms with E-state index in [1.165, 1.54) is 37.2 Å². The molecule has 1 aromatic carbocycles. The first-order valence-corrected chi connectivity index (χ1v) is 8.52. The van der Waals surface area contributed by atoms with Gasteiger partial charge in [-0.2, -0.15) is 0 Å². The fraction of sp³-hybridized carbons (Fsp3) is 0.294. The van der Waals surface area contributed by atoms with Crippen LogP contribution >= 0.6 is 11.3 Å². The zero-order chi connectivity index (χ0) is 19.0. The van der Waals surface area contributed by atoms with Gasteiger partial charge in [0, 0.05) is 11.6 Å². The number of thiophene rings is 1. The van der Waals surface area contributed by atoms with Crippen LogP contribution in [0.25, 0.3) is 10.2 Å². The van der Waals surface area contributed by atoms with Gasteiger partial charge in [-0.3, -0.25) is 9.36 Å². The summed E-state index contributed by atoms with van der Waals surface area (Å²) in [6.45, 7) is 1.84. The second-order valence-corrected chi connectivity index (χ2v) is 6.46. The van der Waals surface area contributed by atoms with Crippen LogP contribution in [0.5, 0.6) is 17.2 Å². The van der Waals surface area contributed by atoms with Gasteiger partial charge in [-0.05, 0) is 23.9 Å². The zero-order valence-electron chi connectivity index (χ0n) is 14.7. The molecule has 1 N–H and O–H groups in total. The molecule has 8 nitrogen and oxygen atoms in total. The number of hydrogen-bond acceptors (Lipinski definition) is 7. The molecule has 0 saturated carbocycles. The van der Waals surface area contributed by atoms with Crippen molar-refractivity contribution in [3.63, 3.8) is 0 Å². The smallest absolute Gasteiger partial charge is 0.365 e. The molecule has 0 radical (unpaired) electrons. The van der Waals surface area contributed by atoms with E-state index in [1.54, 1.807) is 24.4 Å². The van der Waals surface area contributed by atoms with Gasteiger partial charge in [0.15, 0.2) is 11.5 Å². The highest BCUT2D eigenvalue weighted by Crippen LogP contribution is 2.35. The highest BCUT2D eigenvalue weighted by Gasteiger charge is 2.19. The molecule has 0 saturated heterocycles. The molecule has 2 heterocycles. The summed E-state index contributed by atoms with van der Waals surface area (Å²) < 4.78 is 17.4. The lowest BCUT2D eigenvalue weighted by molar-refractivity contribution is 0.158. The lowest BCUT2D eigenvalue weighted by Crippen LogP contribution is -2.38. The van der Waals surface area contributed by atoms with E-state index in [-0.39, 0.29) is 11.3 Å². The Kier molecular flexibility index (Phi) is 4.64. The molecule has 138 valence electrons. The maximum absolute atomic E-state index is 12.5. The van der Waals surface area contributed by atoms with Gasteiger partial charge in [0.25, 0.3) is 5.56 Å². The van der Waals surface area contributed by atoms with Gasteiger partial charge in [0.2, 0.25) is 0 Å². The number of aryl methyl sites for hydroxylation is 1. The van der Waals surface area contributed by atoms with Crippen LogP contribution in [0.1, 0.15) is 11.1 Å². The molecule has 0 atom stereocenters. The van der Waals surface area contributed by atoms with E-state index in [0.717, 1.165) is 0 Å². The third kappa shape index (κ3) is 2.70. The van der Waals surface area contributed by atoms with Gasteiger partial charge < -0.3 is 19.4 Å². The number of hydrogen-bond donors (Lipinski definition) is 1. The van der Waals surface area contributed by atoms with Gasteiger partial charge in [0.1, 0.15) is 10.6 Å². The van der Waals surface area contributed by atoms with Crippen molar-refractivity contribution in [2.45, 2.75) is 13.5 Å². The predicted octanol–water partition coefficient (Wildman–Crippen LogP) is 1.84. The highest BCUT2D eigenvalue weighted by molar-refractivity contribution is 7.17. The molecule has 0 aliphatic carbocycles. The molecule has 9 heteroatoms. The fourth-order valence-corrected chi connectivity index (χ4v) is 3.85. The Labute approximate surface area is 152 Å². The monoisotopic (exact) mass is 378 g/mol. The molecule has 3 aromatic rings. The van der Waals surface area contributed by atoms with Crippen LogP contribution in [0.3, 0.4) is 0 Å². The Balaban J connectivity index is 2.25. The van der Waals surface area contributed by atoms with Crippen molar-refractivity contribution >= 4 is 21.6 Å². The summed E-state index contributed by atoms with van der Waals surface area (Å²) in [4.78, 5) is 25.2. The summed E-state index contributed by atoms with van der Waals surface area (Å²) in [5.74, 6) is 1.46. The molecule has 0 amide bonds. The van der Waals surface area contributed by atoms with Crippen LogP contribution in [0, 0.1) is 6.92 Å².